The molecule has 0 aliphatic carbocycles. The Morgan fingerprint density at radius 2 is 1.95 bits per heavy atom. The van der Waals surface area contributed by atoms with Crippen molar-refractivity contribution in [1.29, 1.82) is 0 Å². The van der Waals surface area contributed by atoms with Crippen LogP contribution < -0.4 is 0 Å². The average molecular weight is 337 g/mol. The number of hydrogen-bond acceptors (Lipinski definition) is 3. The first kappa shape index (κ1) is 14.9. The second kappa shape index (κ2) is 5.87. The van der Waals surface area contributed by atoms with Crippen LogP contribution >= 0.6 is 15.9 Å². The number of fused-ring (bicyclic) bond motifs is 1. The highest BCUT2D eigenvalue weighted by Crippen LogP contribution is 2.37. The van der Waals surface area contributed by atoms with Crippen LogP contribution in [0, 0.1) is 16.0 Å². The van der Waals surface area contributed by atoms with Gasteiger partial charge in [0.2, 0.25) is 0 Å². The van der Waals surface area contributed by atoms with Gasteiger partial charge in [0.15, 0.2) is 0 Å². The number of rotatable bonds is 4. The van der Waals surface area contributed by atoms with Crippen molar-refractivity contribution >= 4 is 32.5 Å². The summed E-state index contributed by atoms with van der Waals surface area (Å²) in [7, 11) is 0. The van der Waals surface area contributed by atoms with Crippen LogP contribution in [-0.2, 0) is 0 Å². The van der Waals surface area contributed by atoms with Gasteiger partial charge < -0.3 is 0 Å². The van der Waals surface area contributed by atoms with E-state index >= 15 is 0 Å². The van der Waals surface area contributed by atoms with Crippen molar-refractivity contribution in [3.8, 4) is 0 Å². The molecule has 1 aromatic heterocycles. The van der Waals surface area contributed by atoms with Gasteiger partial charge in [0.25, 0.3) is 5.69 Å². The standard InChI is InChI=1S/C15H17BrN2O2/c1-9(2)14(10(3)16)11-7-8-17-15-12(11)5-4-6-13(15)18(19)20/h4-10,14H,1-3H3. The van der Waals surface area contributed by atoms with Crippen LogP contribution in [-0.4, -0.2) is 14.7 Å². The number of pyridine rings is 1. The van der Waals surface area contributed by atoms with Crippen LogP contribution in [0.3, 0.4) is 0 Å². The predicted molar refractivity (Wildman–Crippen MR) is 84.4 cm³/mol. The number of nitrogens with zero attached hydrogens (tertiary/aromatic N) is 2. The first-order valence-electron chi connectivity index (χ1n) is 6.59. The highest BCUT2D eigenvalue weighted by molar-refractivity contribution is 9.09. The minimum absolute atomic E-state index is 0.0640. The van der Waals surface area contributed by atoms with Gasteiger partial charge in [-0.1, -0.05) is 48.8 Å². The maximum Gasteiger partial charge on any atom is 0.295 e. The number of nitro groups is 1. The molecule has 0 bridgehead atoms. The van der Waals surface area contributed by atoms with Gasteiger partial charge in [-0.15, -0.1) is 0 Å². The lowest BCUT2D eigenvalue weighted by Crippen LogP contribution is -2.16. The molecule has 0 spiro atoms. The number of aromatic nitrogens is 1. The minimum Gasteiger partial charge on any atom is -0.258 e. The zero-order valence-electron chi connectivity index (χ0n) is 11.7. The lowest BCUT2D eigenvalue weighted by molar-refractivity contribution is -0.383. The zero-order valence-corrected chi connectivity index (χ0v) is 13.3. The van der Waals surface area contributed by atoms with Crippen LogP contribution in [0.15, 0.2) is 30.5 Å². The summed E-state index contributed by atoms with van der Waals surface area (Å²) >= 11 is 3.66. The summed E-state index contributed by atoms with van der Waals surface area (Å²) < 4.78 is 0. The summed E-state index contributed by atoms with van der Waals surface area (Å²) in [5.41, 5.74) is 1.64. The third kappa shape index (κ3) is 2.68. The van der Waals surface area contributed by atoms with Gasteiger partial charge in [0, 0.05) is 22.5 Å². The quantitative estimate of drug-likeness (QED) is 0.463. The molecule has 1 heterocycles. The van der Waals surface area contributed by atoms with Crippen molar-refractivity contribution < 1.29 is 4.92 Å². The fraction of sp³-hybridized carbons (Fsp3) is 0.400. The van der Waals surface area contributed by atoms with E-state index in [0.717, 1.165) is 10.9 Å². The van der Waals surface area contributed by atoms with Crippen molar-refractivity contribution in [2.45, 2.75) is 31.5 Å². The van der Waals surface area contributed by atoms with Crippen LogP contribution in [0.2, 0.25) is 0 Å². The predicted octanol–water partition coefficient (Wildman–Crippen LogP) is 4.67. The molecule has 0 amide bonds. The first-order valence-corrected chi connectivity index (χ1v) is 7.51. The number of hydrogen-bond donors (Lipinski definition) is 0. The molecule has 0 fully saturated rings. The number of benzene rings is 1. The van der Waals surface area contributed by atoms with E-state index in [9.17, 15) is 10.1 Å². The van der Waals surface area contributed by atoms with Gasteiger partial charge in [-0.3, -0.25) is 10.1 Å². The molecule has 5 heteroatoms. The largest absolute Gasteiger partial charge is 0.295 e. The fourth-order valence-corrected chi connectivity index (χ4v) is 3.65. The average Bonchev–Trinajstić information content (AvgIpc) is 2.37. The molecule has 4 nitrogen and oxygen atoms in total. The molecule has 0 saturated carbocycles. The van der Waals surface area contributed by atoms with Gasteiger partial charge in [-0.05, 0) is 23.5 Å². The topological polar surface area (TPSA) is 56.0 Å². The molecular weight excluding hydrogens is 320 g/mol. The lowest BCUT2D eigenvalue weighted by atomic mass is 9.84. The van der Waals surface area contributed by atoms with Crippen LogP contribution in [0.5, 0.6) is 0 Å². The molecule has 20 heavy (non-hydrogen) atoms. The maximum absolute atomic E-state index is 11.1. The molecule has 1 aromatic carbocycles. The van der Waals surface area contributed by atoms with Crippen molar-refractivity contribution in [1.82, 2.24) is 4.98 Å². The SMILES string of the molecule is CC(C)C(c1ccnc2c([N+](=O)[O-])cccc12)C(C)Br. The third-order valence-electron chi connectivity index (χ3n) is 3.55. The highest BCUT2D eigenvalue weighted by atomic mass is 79.9. The van der Waals surface area contributed by atoms with Crippen LogP contribution in [0.25, 0.3) is 10.9 Å². The molecule has 0 aliphatic rings. The Labute approximate surface area is 126 Å². The summed E-state index contributed by atoms with van der Waals surface area (Å²) in [6.07, 6.45) is 1.66. The molecule has 2 unspecified atom stereocenters. The molecule has 0 saturated heterocycles. The third-order valence-corrected chi connectivity index (χ3v) is 4.12. The van der Waals surface area contributed by atoms with Crippen molar-refractivity contribution in [2.24, 2.45) is 5.92 Å². The first-order chi connectivity index (χ1) is 9.43. The van der Waals surface area contributed by atoms with Gasteiger partial charge >= 0.3 is 0 Å². The van der Waals surface area contributed by atoms with Crippen molar-refractivity contribution in [3.05, 3.63) is 46.1 Å². The molecule has 0 N–H and O–H groups in total. The highest BCUT2D eigenvalue weighted by Gasteiger charge is 2.24. The Balaban J connectivity index is 2.72. The summed E-state index contributed by atoms with van der Waals surface area (Å²) in [6, 6.07) is 7.10. The molecule has 0 radical (unpaired) electrons. The normalized spacial score (nSPS) is 14.4. The molecule has 2 aromatic rings. The summed E-state index contributed by atoms with van der Waals surface area (Å²) in [5, 5.41) is 12.0. The summed E-state index contributed by atoms with van der Waals surface area (Å²) in [6.45, 7) is 6.42. The number of non-ortho nitro benzene ring substituents is 1. The van der Waals surface area contributed by atoms with Crippen molar-refractivity contribution in [3.63, 3.8) is 0 Å². The number of para-hydroxylation sites is 1. The second-order valence-electron chi connectivity index (χ2n) is 5.28. The van der Waals surface area contributed by atoms with Gasteiger partial charge in [0.05, 0.1) is 4.92 Å². The zero-order chi connectivity index (χ0) is 14.9. The smallest absolute Gasteiger partial charge is 0.258 e. The van der Waals surface area contributed by atoms with Crippen LogP contribution in [0.1, 0.15) is 32.3 Å². The Kier molecular flexibility index (Phi) is 4.38. The van der Waals surface area contributed by atoms with Gasteiger partial charge in [-0.25, -0.2) is 4.98 Å². The van der Waals surface area contributed by atoms with Gasteiger partial charge in [-0.2, -0.15) is 0 Å². The fourth-order valence-electron chi connectivity index (χ4n) is 2.76. The van der Waals surface area contributed by atoms with E-state index in [4.69, 9.17) is 0 Å². The maximum atomic E-state index is 11.1. The van der Waals surface area contributed by atoms with E-state index in [1.165, 1.54) is 6.07 Å². The molecule has 2 atom stereocenters. The number of nitro benzene ring substituents is 1. The molecule has 2 rings (SSSR count). The van der Waals surface area contributed by atoms with E-state index < -0.39 is 0 Å². The summed E-state index contributed by atoms with van der Waals surface area (Å²) in [5.74, 6) is 0.705. The minimum atomic E-state index is -0.374. The van der Waals surface area contributed by atoms with E-state index in [1.54, 1.807) is 12.3 Å². The Bertz CT molecular complexity index is 633. The Hall–Kier alpha value is -1.49. The molecule has 0 aliphatic heterocycles. The monoisotopic (exact) mass is 336 g/mol. The van der Waals surface area contributed by atoms with E-state index in [1.807, 2.05) is 12.1 Å². The lowest BCUT2D eigenvalue weighted by Gasteiger charge is -2.25. The Morgan fingerprint density at radius 3 is 2.50 bits per heavy atom. The molecule has 106 valence electrons. The summed E-state index contributed by atoms with van der Waals surface area (Å²) in [4.78, 5) is 15.2. The number of halogens is 1. The van der Waals surface area contributed by atoms with Gasteiger partial charge in [0.1, 0.15) is 5.52 Å². The second-order valence-corrected chi connectivity index (χ2v) is 6.72. The Morgan fingerprint density at radius 1 is 1.25 bits per heavy atom. The van der Waals surface area contributed by atoms with E-state index in [2.05, 4.69) is 41.7 Å². The van der Waals surface area contributed by atoms with Crippen molar-refractivity contribution in [2.75, 3.05) is 0 Å². The number of alkyl halides is 1. The molecular formula is C15H17BrN2O2. The van der Waals surface area contributed by atoms with E-state index in [-0.39, 0.29) is 21.4 Å². The van der Waals surface area contributed by atoms with E-state index in [0.29, 0.717) is 11.4 Å². The van der Waals surface area contributed by atoms with Crippen LogP contribution in [0.4, 0.5) is 5.69 Å².